The smallest absolute Gasteiger partial charge is 0.0136 e. The van der Waals surface area contributed by atoms with E-state index in [0.29, 0.717) is 5.41 Å². The van der Waals surface area contributed by atoms with E-state index in [2.05, 4.69) is 27.4 Å². The molecule has 3 rings (SSSR count). The molecule has 5 atom stereocenters. The van der Waals surface area contributed by atoms with Crippen LogP contribution >= 0.6 is 0 Å². The molecule has 3 saturated carbocycles. The summed E-state index contributed by atoms with van der Waals surface area (Å²) < 4.78 is 0. The number of hydrogen-bond donors (Lipinski definition) is 0. The molecule has 0 nitrogen and oxygen atoms in total. The summed E-state index contributed by atoms with van der Waals surface area (Å²) in [5.74, 6) is 4.80. The predicted molar refractivity (Wildman–Crippen MR) is 64.5 cm³/mol. The van der Waals surface area contributed by atoms with Gasteiger partial charge < -0.3 is 0 Å². The number of hydrogen-bond acceptors (Lipinski definition) is 0. The van der Waals surface area contributed by atoms with Crippen LogP contribution in [0.15, 0.2) is 12.2 Å². The second-order valence-corrected chi connectivity index (χ2v) is 6.81. The van der Waals surface area contributed by atoms with Gasteiger partial charge >= 0.3 is 0 Å². The van der Waals surface area contributed by atoms with Gasteiger partial charge in [0.05, 0.1) is 0 Å². The quantitative estimate of drug-likeness (QED) is 0.559. The highest BCUT2D eigenvalue weighted by Gasteiger charge is 2.66. The van der Waals surface area contributed by atoms with Gasteiger partial charge in [0.2, 0.25) is 0 Å². The first-order chi connectivity index (χ1) is 7.05. The van der Waals surface area contributed by atoms with Gasteiger partial charge in [0, 0.05) is 0 Å². The topological polar surface area (TPSA) is 0 Å². The van der Waals surface area contributed by atoms with E-state index in [1.165, 1.54) is 25.7 Å². The molecule has 4 unspecified atom stereocenters. The van der Waals surface area contributed by atoms with Gasteiger partial charge in [0.15, 0.2) is 0 Å². The van der Waals surface area contributed by atoms with E-state index in [1.54, 1.807) is 5.57 Å². The average Bonchev–Trinajstić information content (AvgIpc) is 2.62. The van der Waals surface area contributed by atoms with Crippen LogP contribution in [0.4, 0.5) is 0 Å². The van der Waals surface area contributed by atoms with Crippen LogP contribution in [-0.2, 0) is 0 Å². The summed E-state index contributed by atoms with van der Waals surface area (Å²) in [4.78, 5) is 0. The lowest BCUT2D eigenvalue weighted by atomic mass is 9.47. The Labute approximate surface area is 94.1 Å². The Morgan fingerprint density at radius 1 is 1.33 bits per heavy atom. The predicted octanol–water partition coefficient (Wildman–Crippen LogP) is 4.27. The molecular formula is C15H24. The third-order valence-electron chi connectivity index (χ3n) is 6.01. The van der Waals surface area contributed by atoms with Crippen molar-refractivity contribution in [1.82, 2.24) is 0 Å². The van der Waals surface area contributed by atoms with E-state index in [-0.39, 0.29) is 0 Å². The summed E-state index contributed by atoms with van der Waals surface area (Å²) >= 11 is 0. The molecule has 0 amide bonds. The number of rotatable bonds is 1. The van der Waals surface area contributed by atoms with Crippen molar-refractivity contribution in [3.8, 4) is 0 Å². The van der Waals surface area contributed by atoms with Crippen molar-refractivity contribution in [2.45, 2.75) is 46.5 Å². The normalized spacial score (nSPS) is 52.9. The second kappa shape index (κ2) is 2.90. The average molecular weight is 204 g/mol. The van der Waals surface area contributed by atoms with Crippen LogP contribution in [0.2, 0.25) is 0 Å². The molecule has 84 valence electrons. The molecule has 3 fully saturated rings. The largest absolute Gasteiger partial charge is 0.0996 e. The van der Waals surface area contributed by atoms with Gasteiger partial charge in [-0.15, -0.1) is 0 Å². The Morgan fingerprint density at radius 3 is 2.73 bits per heavy atom. The molecule has 0 saturated heterocycles. The Morgan fingerprint density at radius 2 is 2.07 bits per heavy atom. The summed E-state index contributed by atoms with van der Waals surface area (Å²) in [7, 11) is 0. The first kappa shape index (κ1) is 9.93. The molecule has 0 aromatic carbocycles. The van der Waals surface area contributed by atoms with Gasteiger partial charge in [-0.05, 0) is 60.7 Å². The van der Waals surface area contributed by atoms with Crippen LogP contribution < -0.4 is 0 Å². The van der Waals surface area contributed by atoms with Gasteiger partial charge in [0.25, 0.3) is 0 Å². The van der Waals surface area contributed by atoms with Crippen LogP contribution in [-0.4, -0.2) is 0 Å². The van der Waals surface area contributed by atoms with Crippen molar-refractivity contribution in [2.75, 3.05) is 0 Å². The summed E-state index contributed by atoms with van der Waals surface area (Å²) in [5, 5.41) is 0. The van der Waals surface area contributed by atoms with Crippen molar-refractivity contribution >= 4 is 0 Å². The Hall–Kier alpha value is -0.260. The van der Waals surface area contributed by atoms with Crippen LogP contribution in [0.3, 0.4) is 0 Å². The highest BCUT2D eigenvalue weighted by atomic mass is 14.7. The Kier molecular flexibility index (Phi) is 1.92. The first-order valence-electron chi connectivity index (χ1n) is 6.73. The van der Waals surface area contributed by atoms with Crippen molar-refractivity contribution in [1.29, 1.82) is 0 Å². The molecule has 3 aliphatic carbocycles. The zero-order valence-corrected chi connectivity index (χ0v) is 10.4. The molecule has 0 radical (unpaired) electrons. The van der Waals surface area contributed by atoms with Gasteiger partial charge in [-0.3, -0.25) is 0 Å². The van der Waals surface area contributed by atoms with E-state index >= 15 is 0 Å². The van der Waals surface area contributed by atoms with Crippen LogP contribution in [0.5, 0.6) is 0 Å². The van der Waals surface area contributed by atoms with Crippen LogP contribution in [0, 0.1) is 35.0 Å². The van der Waals surface area contributed by atoms with Crippen molar-refractivity contribution in [3.63, 3.8) is 0 Å². The fraction of sp³-hybridized carbons (Fsp3) is 0.867. The molecule has 15 heavy (non-hydrogen) atoms. The molecule has 3 aliphatic rings. The van der Waals surface area contributed by atoms with Crippen LogP contribution in [0.25, 0.3) is 0 Å². The molecule has 0 heteroatoms. The summed E-state index contributed by atoms with van der Waals surface area (Å²) in [6, 6.07) is 0. The fourth-order valence-corrected chi connectivity index (χ4v) is 5.27. The fourth-order valence-electron chi connectivity index (χ4n) is 5.27. The zero-order chi connectivity index (χ0) is 10.8. The molecule has 0 heterocycles. The molecule has 0 aromatic heterocycles. The SMILES string of the molecule is C=C1CCC2C1C1C(C(C)C)CC[C@@]21C. The standard InChI is InChI=1S/C15H24/c1-9(2)11-7-8-15(4)12-6-5-10(3)13(12)14(11)15/h9,11-14H,3,5-8H2,1-2,4H3/t11?,12?,13?,14?,15-/m0/s1. The second-order valence-electron chi connectivity index (χ2n) is 6.81. The highest BCUT2D eigenvalue weighted by molar-refractivity contribution is 5.25. The minimum Gasteiger partial charge on any atom is -0.0996 e. The van der Waals surface area contributed by atoms with E-state index < -0.39 is 0 Å². The Balaban J connectivity index is 1.91. The minimum absolute atomic E-state index is 0.707. The number of fused-ring (bicyclic) bond motifs is 4. The maximum Gasteiger partial charge on any atom is -0.0136 e. The lowest BCUT2D eigenvalue weighted by Gasteiger charge is -2.57. The highest BCUT2D eigenvalue weighted by Crippen LogP contribution is 2.73. The Bertz CT molecular complexity index is 301. The van der Waals surface area contributed by atoms with E-state index in [4.69, 9.17) is 0 Å². The van der Waals surface area contributed by atoms with Gasteiger partial charge in [0.1, 0.15) is 0 Å². The molecule has 0 aromatic rings. The summed E-state index contributed by atoms with van der Waals surface area (Å²) in [6.07, 6.45) is 5.75. The van der Waals surface area contributed by atoms with E-state index in [1.807, 2.05) is 0 Å². The molecule has 0 spiro atoms. The van der Waals surface area contributed by atoms with Gasteiger partial charge in [-0.1, -0.05) is 32.9 Å². The van der Waals surface area contributed by atoms with Crippen molar-refractivity contribution in [2.24, 2.45) is 35.0 Å². The third kappa shape index (κ3) is 1.04. The molecular weight excluding hydrogens is 180 g/mol. The van der Waals surface area contributed by atoms with Crippen molar-refractivity contribution in [3.05, 3.63) is 12.2 Å². The molecule has 0 aliphatic heterocycles. The zero-order valence-electron chi connectivity index (χ0n) is 10.4. The summed E-state index contributed by atoms with van der Waals surface area (Å²) in [6.45, 7) is 11.7. The van der Waals surface area contributed by atoms with Gasteiger partial charge in [-0.2, -0.15) is 0 Å². The lowest BCUT2D eigenvalue weighted by Crippen LogP contribution is -2.52. The number of allylic oxidation sites excluding steroid dienone is 1. The lowest BCUT2D eigenvalue weighted by molar-refractivity contribution is -0.0770. The van der Waals surface area contributed by atoms with E-state index in [0.717, 1.165) is 29.6 Å². The van der Waals surface area contributed by atoms with E-state index in [9.17, 15) is 0 Å². The monoisotopic (exact) mass is 204 g/mol. The molecule has 0 bridgehead atoms. The maximum absolute atomic E-state index is 4.32. The third-order valence-corrected chi connectivity index (χ3v) is 6.01. The minimum atomic E-state index is 0.707. The maximum atomic E-state index is 4.32. The van der Waals surface area contributed by atoms with Crippen molar-refractivity contribution < 1.29 is 0 Å². The van der Waals surface area contributed by atoms with Crippen LogP contribution in [0.1, 0.15) is 46.5 Å². The molecule has 0 N–H and O–H groups in total. The summed E-state index contributed by atoms with van der Waals surface area (Å²) in [5.41, 5.74) is 2.30. The van der Waals surface area contributed by atoms with Gasteiger partial charge in [-0.25, -0.2) is 0 Å². The first-order valence-corrected chi connectivity index (χ1v) is 6.73.